The Hall–Kier alpha value is -1.12. The van der Waals surface area contributed by atoms with Crippen LogP contribution in [-0.2, 0) is 6.42 Å². The molecule has 1 aromatic rings. The first kappa shape index (κ1) is 15.3. The number of benzene rings is 1. The Morgan fingerprint density at radius 3 is 2.40 bits per heavy atom. The van der Waals surface area contributed by atoms with Gasteiger partial charge in [-0.05, 0) is 42.7 Å². The predicted molar refractivity (Wildman–Crippen MR) is 82.5 cm³/mol. The molecule has 2 heteroatoms. The van der Waals surface area contributed by atoms with Gasteiger partial charge in [-0.15, -0.1) is 0 Å². The SMILES string of the molecule is C=C([C@H](O)CCc1ccccc1)[C@@H](O)C1CCCCC1. The van der Waals surface area contributed by atoms with Crippen LogP contribution in [0, 0.1) is 5.92 Å². The van der Waals surface area contributed by atoms with Crippen LogP contribution in [0.1, 0.15) is 44.1 Å². The first-order valence-corrected chi connectivity index (χ1v) is 7.77. The highest BCUT2D eigenvalue weighted by atomic mass is 16.3. The minimum absolute atomic E-state index is 0.294. The van der Waals surface area contributed by atoms with E-state index in [0.29, 0.717) is 17.9 Å². The van der Waals surface area contributed by atoms with Crippen LogP contribution >= 0.6 is 0 Å². The molecular formula is C18H26O2. The zero-order valence-electron chi connectivity index (χ0n) is 12.2. The van der Waals surface area contributed by atoms with E-state index in [1.165, 1.54) is 24.8 Å². The molecule has 2 N–H and O–H groups in total. The van der Waals surface area contributed by atoms with Gasteiger partial charge in [0.1, 0.15) is 0 Å². The first-order chi connectivity index (χ1) is 9.68. The monoisotopic (exact) mass is 274 g/mol. The summed E-state index contributed by atoms with van der Waals surface area (Å²) >= 11 is 0. The molecule has 0 unspecified atom stereocenters. The summed E-state index contributed by atoms with van der Waals surface area (Å²) in [7, 11) is 0. The maximum Gasteiger partial charge on any atom is 0.0800 e. The normalized spacial score (nSPS) is 19.5. The molecule has 0 saturated heterocycles. The van der Waals surface area contributed by atoms with Crippen molar-refractivity contribution < 1.29 is 10.2 Å². The van der Waals surface area contributed by atoms with Gasteiger partial charge in [0.15, 0.2) is 0 Å². The molecule has 0 amide bonds. The van der Waals surface area contributed by atoms with Gasteiger partial charge in [0.25, 0.3) is 0 Å². The summed E-state index contributed by atoms with van der Waals surface area (Å²) in [6, 6.07) is 10.1. The molecular weight excluding hydrogens is 248 g/mol. The van der Waals surface area contributed by atoms with Gasteiger partial charge in [-0.2, -0.15) is 0 Å². The van der Waals surface area contributed by atoms with Crippen molar-refractivity contribution in [3.8, 4) is 0 Å². The molecule has 1 aliphatic rings. The maximum atomic E-state index is 10.4. The van der Waals surface area contributed by atoms with E-state index >= 15 is 0 Å². The summed E-state index contributed by atoms with van der Waals surface area (Å²) in [4.78, 5) is 0. The number of rotatable bonds is 6. The fourth-order valence-electron chi connectivity index (χ4n) is 3.08. The second-order valence-electron chi connectivity index (χ2n) is 5.96. The van der Waals surface area contributed by atoms with Crippen molar-refractivity contribution in [2.75, 3.05) is 0 Å². The van der Waals surface area contributed by atoms with E-state index < -0.39 is 12.2 Å². The summed E-state index contributed by atoms with van der Waals surface area (Å²) in [5.41, 5.74) is 1.82. The third-order valence-electron chi connectivity index (χ3n) is 4.45. The van der Waals surface area contributed by atoms with Crippen molar-refractivity contribution in [3.05, 3.63) is 48.0 Å². The van der Waals surface area contributed by atoms with Gasteiger partial charge in [-0.3, -0.25) is 0 Å². The second-order valence-corrected chi connectivity index (χ2v) is 5.96. The summed E-state index contributed by atoms with van der Waals surface area (Å²) in [6.07, 6.45) is 6.08. The van der Waals surface area contributed by atoms with Crippen molar-refractivity contribution in [1.29, 1.82) is 0 Å². The lowest BCUT2D eigenvalue weighted by Gasteiger charge is -2.29. The van der Waals surface area contributed by atoms with E-state index in [1.807, 2.05) is 18.2 Å². The number of aliphatic hydroxyl groups excluding tert-OH is 2. The van der Waals surface area contributed by atoms with Gasteiger partial charge in [0.2, 0.25) is 0 Å². The van der Waals surface area contributed by atoms with Gasteiger partial charge >= 0.3 is 0 Å². The molecule has 1 aromatic carbocycles. The molecule has 0 spiro atoms. The van der Waals surface area contributed by atoms with Crippen LogP contribution in [0.4, 0.5) is 0 Å². The molecule has 0 radical (unpaired) electrons. The average Bonchev–Trinajstić information content (AvgIpc) is 2.53. The van der Waals surface area contributed by atoms with Gasteiger partial charge < -0.3 is 10.2 Å². The number of hydrogen-bond donors (Lipinski definition) is 2. The maximum absolute atomic E-state index is 10.4. The van der Waals surface area contributed by atoms with E-state index in [1.54, 1.807) is 0 Å². The zero-order valence-corrected chi connectivity index (χ0v) is 12.2. The molecule has 1 saturated carbocycles. The third kappa shape index (κ3) is 4.19. The van der Waals surface area contributed by atoms with Crippen LogP contribution in [0.25, 0.3) is 0 Å². The Labute approximate surface area is 122 Å². The third-order valence-corrected chi connectivity index (χ3v) is 4.45. The van der Waals surface area contributed by atoms with Crippen molar-refractivity contribution in [2.24, 2.45) is 5.92 Å². The van der Waals surface area contributed by atoms with Crippen LogP contribution in [-0.4, -0.2) is 22.4 Å². The Kier molecular flexibility index (Phi) is 5.81. The fourth-order valence-corrected chi connectivity index (χ4v) is 3.08. The Bertz CT molecular complexity index is 407. The van der Waals surface area contributed by atoms with Crippen LogP contribution in [0.3, 0.4) is 0 Å². The lowest BCUT2D eigenvalue weighted by atomic mass is 9.81. The molecule has 0 aliphatic heterocycles. The van der Waals surface area contributed by atoms with Crippen molar-refractivity contribution >= 4 is 0 Å². The molecule has 110 valence electrons. The van der Waals surface area contributed by atoms with Gasteiger partial charge in [0, 0.05) is 0 Å². The van der Waals surface area contributed by atoms with E-state index in [0.717, 1.165) is 19.3 Å². The quantitative estimate of drug-likeness (QED) is 0.780. The van der Waals surface area contributed by atoms with Crippen LogP contribution in [0.5, 0.6) is 0 Å². The molecule has 0 bridgehead atoms. The first-order valence-electron chi connectivity index (χ1n) is 7.77. The van der Waals surface area contributed by atoms with Crippen LogP contribution in [0.15, 0.2) is 42.5 Å². The lowest BCUT2D eigenvalue weighted by Crippen LogP contribution is -2.30. The van der Waals surface area contributed by atoms with E-state index in [-0.39, 0.29) is 0 Å². The Morgan fingerprint density at radius 1 is 1.10 bits per heavy atom. The molecule has 0 heterocycles. The van der Waals surface area contributed by atoms with Gasteiger partial charge in [-0.25, -0.2) is 0 Å². The largest absolute Gasteiger partial charge is 0.389 e. The lowest BCUT2D eigenvalue weighted by molar-refractivity contribution is 0.0822. The molecule has 2 atom stereocenters. The topological polar surface area (TPSA) is 40.5 Å². The van der Waals surface area contributed by atoms with Crippen molar-refractivity contribution in [2.45, 2.75) is 57.2 Å². The Balaban J connectivity index is 1.81. The van der Waals surface area contributed by atoms with Gasteiger partial charge in [-0.1, -0.05) is 56.2 Å². The summed E-state index contributed by atoms with van der Waals surface area (Å²) in [6.45, 7) is 3.94. The minimum Gasteiger partial charge on any atom is -0.389 e. The van der Waals surface area contributed by atoms with Crippen LogP contribution in [0.2, 0.25) is 0 Å². The zero-order chi connectivity index (χ0) is 14.4. The van der Waals surface area contributed by atoms with Crippen molar-refractivity contribution in [1.82, 2.24) is 0 Å². The molecule has 20 heavy (non-hydrogen) atoms. The summed E-state index contributed by atoms with van der Waals surface area (Å²) in [5.74, 6) is 0.294. The summed E-state index contributed by atoms with van der Waals surface area (Å²) in [5, 5.41) is 20.6. The van der Waals surface area contributed by atoms with Crippen LogP contribution < -0.4 is 0 Å². The highest BCUT2D eigenvalue weighted by molar-refractivity contribution is 5.16. The van der Waals surface area contributed by atoms with E-state index in [2.05, 4.69) is 18.7 Å². The smallest absolute Gasteiger partial charge is 0.0800 e. The van der Waals surface area contributed by atoms with Crippen molar-refractivity contribution in [3.63, 3.8) is 0 Å². The standard InChI is InChI=1S/C18H26O2/c1-14(18(20)16-10-6-3-7-11-16)17(19)13-12-15-8-4-2-5-9-15/h2,4-5,8-9,16-20H,1,3,6-7,10-13H2/t17-,18-/m1/s1. The molecule has 1 fully saturated rings. The highest BCUT2D eigenvalue weighted by Crippen LogP contribution is 2.30. The number of aryl methyl sites for hydroxylation is 1. The Morgan fingerprint density at radius 2 is 1.75 bits per heavy atom. The number of hydrogen-bond acceptors (Lipinski definition) is 2. The molecule has 0 aromatic heterocycles. The summed E-state index contributed by atoms with van der Waals surface area (Å²) < 4.78 is 0. The predicted octanol–water partition coefficient (Wildman–Crippen LogP) is 3.48. The van der Waals surface area contributed by atoms with E-state index in [4.69, 9.17) is 0 Å². The molecule has 2 nitrogen and oxygen atoms in total. The molecule has 1 aliphatic carbocycles. The fraction of sp³-hybridized carbons (Fsp3) is 0.556. The average molecular weight is 274 g/mol. The van der Waals surface area contributed by atoms with E-state index in [9.17, 15) is 10.2 Å². The molecule has 2 rings (SSSR count). The van der Waals surface area contributed by atoms with Gasteiger partial charge in [0.05, 0.1) is 12.2 Å². The highest BCUT2D eigenvalue weighted by Gasteiger charge is 2.26. The second kappa shape index (κ2) is 7.61. The number of aliphatic hydroxyl groups is 2. The minimum atomic E-state index is -0.605.